The maximum atomic E-state index is 12.9. The van der Waals surface area contributed by atoms with E-state index in [-0.39, 0.29) is 22.9 Å². The summed E-state index contributed by atoms with van der Waals surface area (Å²) in [6, 6.07) is 3.13. The molecule has 1 unspecified atom stereocenters. The average molecular weight is 391 g/mol. The molecule has 2 saturated heterocycles. The Morgan fingerprint density at radius 2 is 2.07 bits per heavy atom. The van der Waals surface area contributed by atoms with E-state index in [1.165, 1.54) is 23.2 Å². The van der Waals surface area contributed by atoms with E-state index in [0.717, 1.165) is 5.01 Å². The maximum Gasteiger partial charge on any atom is 0.271 e. The highest BCUT2D eigenvalue weighted by Crippen LogP contribution is 2.33. The number of nitro benzene ring substituents is 1. The number of carbonyl (C=O) groups excluding carboxylic acids is 3. The predicted molar refractivity (Wildman–Crippen MR) is 98.4 cm³/mol. The van der Waals surface area contributed by atoms with Gasteiger partial charge in [-0.2, -0.15) is 5.01 Å². The van der Waals surface area contributed by atoms with Gasteiger partial charge < -0.3 is 5.32 Å². The average Bonchev–Trinajstić information content (AvgIpc) is 2.94. The first-order chi connectivity index (χ1) is 12.5. The van der Waals surface area contributed by atoms with Crippen molar-refractivity contribution in [2.45, 2.75) is 38.8 Å². The molecule has 1 aromatic carbocycles. The molecular weight excluding hydrogens is 374 g/mol. The van der Waals surface area contributed by atoms with Crippen molar-refractivity contribution in [3.05, 3.63) is 33.9 Å². The summed E-state index contributed by atoms with van der Waals surface area (Å²) in [4.78, 5) is 47.9. The van der Waals surface area contributed by atoms with Crippen LogP contribution in [0.2, 0.25) is 0 Å². The Hall–Kier alpha value is -2.92. The first-order valence-corrected chi connectivity index (χ1v) is 8.48. The summed E-state index contributed by atoms with van der Waals surface area (Å²) in [6.07, 6.45) is -0.168. The van der Waals surface area contributed by atoms with Crippen LogP contribution in [-0.2, 0) is 14.4 Å². The third-order valence-corrected chi connectivity index (χ3v) is 4.92. The van der Waals surface area contributed by atoms with Gasteiger partial charge in [0.1, 0.15) is 11.6 Å². The van der Waals surface area contributed by atoms with Crippen LogP contribution >= 0.6 is 12.2 Å². The number of thiocarbonyl (C=S) groups is 1. The molecule has 0 radical (unpaired) electrons. The van der Waals surface area contributed by atoms with E-state index >= 15 is 0 Å². The fourth-order valence-electron chi connectivity index (χ4n) is 3.13. The molecule has 0 aliphatic carbocycles. The molecule has 3 amide bonds. The van der Waals surface area contributed by atoms with Crippen molar-refractivity contribution in [1.29, 1.82) is 0 Å². The Bertz CT molecular complexity index is 899. The van der Waals surface area contributed by atoms with Crippen molar-refractivity contribution in [1.82, 2.24) is 15.3 Å². The Morgan fingerprint density at radius 3 is 2.70 bits per heavy atom. The molecule has 0 bridgehead atoms. The number of non-ortho nitro benzene ring substituents is 1. The highest BCUT2D eigenvalue weighted by Gasteiger charge is 2.56. The number of hydrogen-bond donors (Lipinski definition) is 2. The van der Waals surface area contributed by atoms with Gasteiger partial charge in [-0.25, -0.2) is 5.01 Å². The highest BCUT2D eigenvalue weighted by atomic mass is 32.1. The van der Waals surface area contributed by atoms with Crippen LogP contribution in [0, 0.1) is 17.0 Å². The van der Waals surface area contributed by atoms with Gasteiger partial charge in [-0.05, 0) is 38.6 Å². The molecule has 0 saturated carbocycles. The molecule has 0 aromatic heterocycles. The summed E-state index contributed by atoms with van der Waals surface area (Å²) in [5, 5.41) is 18.5. The number of nitrogens with zero attached hydrogens (tertiary/aromatic N) is 3. The van der Waals surface area contributed by atoms with Crippen LogP contribution in [0.5, 0.6) is 0 Å². The van der Waals surface area contributed by atoms with Crippen LogP contribution in [0.1, 0.15) is 25.8 Å². The van der Waals surface area contributed by atoms with Gasteiger partial charge in [0.15, 0.2) is 5.11 Å². The molecule has 2 heterocycles. The van der Waals surface area contributed by atoms with Crippen LogP contribution in [0.3, 0.4) is 0 Å². The fourth-order valence-corrected chi connectivity index (χ4v) is 3.42. The lowest BCUT2D eigenvalue weighted by Gasteiger charge is -2.45. The van der Waals surface area contributed by atoms with Gasteiger partial charge in [-0.1, -0.05) is 6.07 Å². The number of benzene rings is 1. The van der Waals surface area contributed by atoms with E-state index in [1.807, 2.05) is 0 Å². The number of hydrazine groups is 1. The largest absolute Gasteiger partial charge is 0.324 e. The van der Waals surface area contributed by atoms with Gasteiger partial charge >= 0.3 is 0 Å². The number of nitro groups is 1. The Kier molecular flexibility index (Phi) is 4.44. The second-order valence-corrected chi connectivity index (χ2v) is 7.22. The van der Waals surface area contributed by atoms with E-state index in [0.29, 0.717) is 5.56 Å². The van der Waals surface area contributed by atoms with Crippen molar-refractivity contribution in [3.8, 4) is 0 Å². The van der Waals surface area contributed by atoms with Crippen LogP contribution in [0.25, 0.3) is 0 Å². The zero-order valence-corrected chi connectivity index (χ0v) is 15.6. The van der Waals surface area contributed by atoms with Crippen LogP contribution in [0.15, 0.2) is 18.2 Å². The number of hydrogen-bond acceptors (Lipinski definition) is 7. The van der Waals surface area contributed by atoms with Crippen molar-refractivity contribution in [3.63, 3.8) is 0 Å². The molecule has 2 N–H and O–H groups in total. The van der Waals surface area contributed by atoms with E-state index in [2.05, 4.69) is 10.6 Å². The van der Waals surface area contributed by atoms with Crippen molar-refractivity contribution in [2.24, 2.45) is 0 Å². The van der Waals surface area contributed by atoms with Gasteiger partial charge in [0.2, 0.25) is 17.7 Å². The highest BCUT2D eigenvalue weighted by molar-refractivity contribution is 7.80. The second-order valence-electron chi connectivity index (χ2n) is 6.83. The minimum Gasteiger partial charge on any atom is -0.324 e. The topological polar surface area (TPSA) is 125 Å². The smallest absolute Gasteiger partial charge is 0.271 e. The lowest BCUT2D eigenvalue weighted by Crippen LogP contribution is -2.71. The van der Waals surface area contributed by atoms with E-state index in [4.69, 9.17) is 12.2 Å². The van der Waals surface area contributed by atoms with Crippen LogP contribution < -0.4 is 10.6 Å². The Morgan fingerprint density at radius 1 is 1.41 bits per heavy atom. The lowest BCUT2D eigenvalue weighted by molar-refractivity contribution is -0.384. The third kappa shape index (κ3) is 3.04. The molecule has 1 atom stereocenters. The summed E-state index contributed by atoms with van der Waals surface area (Å²) in [5.74, 6) is -1.40. The van der Waals surface area contributed by atoms with Crippen LogP contribution in [0.4, 0.5) is 11.4 Å². The summed E-state index contributed by atoms with van der Waals surface area (Å²) in [7, 11) is 0. The van der Waals surface area contributed by atoms with E-state index in [9.17, 15) is 24.5 Å². The van der Waals surface area contributed by atoms with Gasteiger partial charge in [-0.15, -0.1) is 0 Å². The first kappa shape index (κ1) is 18.9. The minimum atomic E-state index is -1.19. The molecule has 11 heteroatoms. The van der Waals surface area contributed by atoms with Gasteiger partial charge in [-0.3, -0.25) is 29.8 Å². The van der Waals surface area contributed by atoms with Gasteiger partial charge in [0.05, 0.1) is 17.0 Å². The quantitative estimate of drug-likeness (QED) is 0.445. The number of rotatable bonds is 3. The molecule has 142 valence electrons. The fraction of sp³-hybridized carbons (Fsp3) is 0.375. The van der Waals surface area contributed by atoms with Crippen molar-refractivity contribution < 1.29 is 19.3 Å². The summed E-state index contributed by atoms with van der Waals surface area (Å²) >= 11 is 5.06. The molecule has 0 spiro atoms. The standard InChI is InChI=1S/C16H17N5O5S/c1-8-4-5-9(21(25)26)6-10(8)17-13(23)11-7-12(22)19-15(27)18-14(24)16(2,3)20(11)19/h4-6,11H,7H2,1-3H3,(H,17,23)(H,18,24,27). The monoisotopic (exact) mass is 391 g/mol. The first-order valence-electron chi connectivity index (χ1n) is 8.07. The molecule has 2 fully saturated rings. The molecular formula is C16H17N5O5S. The molecule has 2 aliphatic heterocycles. The second kappa shape index (κ2) is 6.35. The third-order valence-electron chi connectivity index (χ3n) is 4.65. The molecule has 27 heavy (non-hydrogen) atoms. The Labute approximate surface area is 159 Å². The number of aryl methyl sites for hydroxylation is 1. The molecule has 2 aliphatic rings. The van der Waals surface area contributed by atoms with Crippen molar-refractivity contribution in [2.75, 3.05) is 5.32 Å². The molecule has 10 nitrogen and oxygen atoms in total. The maximum absolute atomic E-state index is 12.9. The minimum absolute atomic E-state index is 0.0776. The predicted octanol–water partition coefficient (Wildman–Crippen LogP) is 0.853. The van der Waals surface area contributed by atoms with Gasteiger partial charge in [0.25, 0.3) is 5.69 Å². The SMILES string of the molecule is Cc1ccc([N+](=O)[O-])cc1NC(=O)C1CC(=O)N2C(=S)NC(=O)C(C)(C)N12. The summed E-state index contributed by atoms with van der Waals surface area (Å²) in [5.41, 5.74) is -0.462. The van der Waals surface area contributed by atoms with Crippen LogP contribution in [-0.4, -0.2) is 49.4 Å². The number of fused-ring (bicyclic) bond motifs is 1. The zero-order valence-electron chi connectivity index (χ0n) is 14.8. The molecule has 1 aromatic rings. The van der Waals surface area contributed by atoms with Crippen molar-refractivity contribution >= 4 is 46.4 Å². The Balaban J connectivity index is 1.92. The summed E-state index contributed by atoms with van der Waals surface area (Å²) < 4.78 is 0. The van der Waals surface area contributed by atoms with E-state index < -0.39 is 34.2 Å². The number of carbonyl (C=O) groups is 3. The number of amides is 3. The normalized spacial score (nSPS) is 21.7. The number of anilines is 1. The zero-order chi connectivity index (χ0) is 20.1. The number of nitrogens with one attached hydrogen (secondary N) is 2. The summed E-state index contributed by atoms with van der Waals surface area (Å²) in [6.45, 7) is 4.85. The lowest BCUT2D eigenvalue weighted by atomic mass is 10.00. The van der Waals surface area contributed by atoms with Gasteiger partial charge in [0, 0.05) is 12.1 Å². The van der Waals surface area contributed by atoms with E-state index in [1.54, 1.807) is 20.8 Å². The molecule has 3 rings (SSSR count).